The van der Waals surface area contributed by atoms with Crippen molar-refractivity contribution in [2.45, 2.75) is 50.1 Å². The number of hydrogen-bond acceptors (Lipinski definition) is 4. The molecule has 0 bridgehead atoms. The Bertz CT molecular complexity index is 386. The van der Waals surface area contributed by atoms with Gasteiger partial charge in [0.1, 0.15) is 5.54 Å². The molecule has 0 amide bonds. The standard InChI is InChI=1S/C17H30N4/c1-20(2)11-14-7-9-21(10-8-14)13-17(12-18,15-3-4-15)19-16-5-6-16/h14-16,19H,3-11,13H2,1-2H3. The van der Waals surface area contributed by atoms with Crippen LogP contribution >= 0.6 is 0 Å². The summed E-state index contributed by atoms with van der Waals surface area (Å²) < 4.78 is 0. The van der Waals surface area contributed by atoms with Gasteiger partial charge in [0, 0.05) is 19.1 Å². The van der Waals surface area contributed by atoms with Crippen LogP contribution in [-0.2, 0) is 0 Å². The van der Waals surface area contributed by atoms with Crippen molar-refractivity contribution in [2.75, 3.05) is 40.3 Å². The fourth-order valence-electron chi connectivity index (χ4n) is 3.82. The maximum Gasteiger partial charge on any atom is 0.122 e. The van der Waals surface area contributed by atoms with E-state index in [0.717, 1.165) is 12.5 Å². The molecule has 21 heavy (non-hydrogen) atoms. The number of piperidine rings is 1. The van der Waals surface area contributed by atoms with E-state index in [0.29, 0.717) is 12.0 Å². The molecule has 1 unspecified atom stereocenters. The molecule has 3 fully saturated rings. The summed E-state index contributed by atoms with van der Waals surface area (Å²) in [6, 6.07) is 3.30. The van der Waals surface area contributed by atoms with Crippen LogP contribution in [-0.4, -0.2) is 61.7 Å². The molecule has 2 aliphatic carbocycles. The highest BCUT2D eigenvalue weighted by molar-refractivity contribution is 5.18. The topological polar surface area (TPSA) is 42.3 Å². The van der Waals surface area contributed by atoms with E-state index in [9.17, 15) is 5.26 Å². The molecule has 1 atom stereocenters. The Morgan fingerprint density at radius 3 is 2.29 bits per heavy atom. The van der Waals surface area contributed by atoms with Gasteiger partial charge in [0.15, 0.2) is 0 Å². The van der Waals surface area contributed by atoms with Crippen molar-refractivity contribution in [3.05, 3.63) is 0 Å². The SMILES string of the molecule is CN(C)CC1CCN(CC(C#N)(NC2CC2)C2CC2)CC1. The number of nitrogens with zero attached hydrogens (tertiary/aromatic N) is 3. The zero-order valence-electron chi connectivity index (χ0n) is 13.6. The predicted molar refractivity (Wildman–Crippen MR) is 84.9 cm³/mol. The molecule has 1 N–H and O–H groups in total. The predicted octanol–water partition coefficient (Wildman–Crippen LogP) is 1.68. The number of rotatable bonds is 7. The Morgan fingerprint density at radius 2 is 1.81 bits per heavy atom. The van der Waals surface area contributed by atoms with E-state index in [1.54, 1.807) is 0 Å². The first-order chi connectivity index (χ1) is 10.1. The second-order valence-corrected chi connectivity index (χ2v) is 7.76. The summed E-state index contributed by atoms with van der Waals surface area (Å²) in [6.07, 6.45) is 7.58. The van der Waals surface area contributed by atoms with Crippen molar-refractivity contribution in [3.8, 4) is 6.07 Å². The molecule has 2 saturated carbocycles. The Kier molecular flexibility index (Phi) is 4.54. The number of hydrogen-bond donors (Lipinski definition) is 1. The first kappa shape index (κ1) is 15.3. The van der Waals surface area contributed by atoms with Gasteiger partial charge in [-0.15, -0.1) is 0 Å². The van der Waals surface area contributed by atoms with Gasteiger partial charge in [0.05, 0.1) is 6.07 Å². The summed E-state index contributed by atoms with van der Waals surface area (Å²) in [5.74, 6) is 1.44. The fraction of sp³-hybridized carbons (Fsp3) is 0.941. The maximum atomic E-state index is 9.82. The van der Waals surface area contributed by atoms with Gasteiger partial charge in [-0.2, -0.15) is 5.26 Å². The molecule has 0 radical (unpaired) electrons. The molecule has 118 valence electrons. The van der Waals surface area contributed by atoms with Gasteiger partial charge in [0.2, 0.25) is 0 Å². The first-order valence-electron chi connectivity index (χ1n) is 8.67. The quantitative estimate of drug-likeness (QED) is 0.775. The lowest BCUT2D eigenvalue weighted by atomic mass is 9.90. The van der Waals surface area contributed by atoms with Gasteiger partial charge >= 0.3 is 0 Å². The lowest BCUT2D eigenvalue weighted by molar-refractivity contribution is 0.129. The summed E-state index contributed by atoms with van der Waals surface area (Å²) in [6.45, 7) is 4.49. The van der Waals surface area contributed by atoms with Crippen LogP contribution in [0.1, 0.15) is 38.5 Å². The van der Waals surface area contributed by atoms with Gasteiger partial charge in [0.25, 0.3) is 0 Å². The van der Waals surface area contributed by atoms with Crippen LogP contribution in [0.25, 0.3) is 0 Å². The summed E-state index contributed by atoms with van der Waals surface area (Å²) in [4.78, 5) is 4.85. The smallest absolute Gasteiger partial charge is 0.122 e. The molecule has 1 saturated heterocycles. The molecule has 0 aromatic heterocycles. The van der Waals surface area contributed by atoms with Gasteiger partial charge in [-0.1, -0.05) is 0 Å². The third kappa shape index (κ3) is 3.97. The Hall–Kier alpha value is -0.630. The lowest BCUT2D eigenvalue weighted by Gasteiger charge is -2.39. The summed E-state index contributed by atoms with van der Waals surface area (Å²) >= 11 is 0. The Balaban J connectivity index is 1.53. The van der Waals surface area contributed by atoms with Crippen LogP contribution < -0.4 is 5.32 Å². The summed E-state index contributed by atoms with van der Waals surface area (Å²) in [5, 5.41) is 13.5. The molecule has 0 aromatic carbocycles. The molecule has 1 aliphatic heterocycles. The van der Waals surface area contributed by atoms with E-state index in [-0.39, 0.29) is 5.54 Å². The van der Waals surface area contributed by atoms with Crippen LogP contribution in [0.15, 0.2) is 0 Å². The third-order valence-corrected chi connectivity index (χ3v) is 5.32. The van der Waals surface area contributed by atoms with E-state index in [4.69, 9.17) is 0 Å². The largest absolute Gasteiger partial charge is 0.309 e. The van der Waals surface area contributed by atoms with Crippen molar-refractivity contribution in [3.63, 3.8) is 0 Å². The van der Waals surface area contributed by atoms with E-state index >= 15 is 0 Å². The van der Waals surface area contributed by atoms with Crippen LogP contribution in [0.2, 0.25) is 0 Å². The lowest BCUT2D eigenvalue weighted by Crippen LogP contribution is -2.56. The van der Waals surface area contributed by atoms with E-state index < -0.39 is 0 Å². The summed E-state index contributed by atoms with van der Waals surface area (Å²) in [5.41, 5.74) is -0.254. The molecule has 0 aromatic rings. The molecule has 1 heterocycles. The van der Waals surface area contributed by atoms with Crippen molar-refractivity contribution < 1.29 is 0 Å². The van der Waals surface area contributed by atoms with Crippen molar-refractivity contribution in [2.24, 2.45) is 11.8 Å². The molecule has 4 nitrogen and oxygen atoms in total. The molecule has 4 heteroatoms. The zero-order valence-corrected chi connectivity index (χ0v) is 13.6. The van der Waals surface area contributed by atoms with Gasteiger partial charge < -0.3 is 9.80 Å². The molecule has 3 rings (SSSR count). The highest BCUT2D eigenvalue weighted by Gasteiger charge is 2.49. The van der Waals surface area contributed by atoms with Gasteiger partial charge in [-0.05, 0) is 77.5 Å². The Morgan fingerprint density at radius 1 is 1.14 bits per heavy atom. The highest BCUT2D eigenvalue weighted by Crippen LogP contribution is 2.42. The van der Waals surface area contributed by atoms with Crippen molar-refractivity contribution >= 4 is 0 Å². The minimum atomic E-state index is -0.254. The molecule has 3 aliphatic rings. The second-order valence-electron chi connectivity index (χ2n) is 7.76. The Labute approximate surface area is 129 Å². The van der Waals surface area contributed by atoms with Crippen LogP contribution in [0.4, 0.5) is 0 Å². The maximum absolute atomic E-state index is 9.82. The van der Waals surface area contributed by atoms with Crippen LogP contribution in [0, 0.1) is 23.2 Å². The minimum Gasteiger partial charge on any atom is -0.309 e. The fourth-order valence-corrected chi connectivity index (χ4v) is 3.82. The second kappa shape index (κ2) is 6.24. The van der Waals surface area contributed by atoms with Crippen molar-refractivity contribution in [1.82, 2.24) is 15.1 Å². The number of nitriles is 1. The minimum absolute atomic E-state index is 0.254. The van der Waals surface area contributed by atoms with E-state index in [2.05, 4.69) is 35.3 Å². The number of likely N-dealkylation sites (tertiary alicyclic amines) is 1. The average Bonchev–Trinajstić information content (AvgIpc) is 3.33. The third-order valence-electron chi connectivity index (χ3n) is 5.32. The van der Waals surface area contributed by atoms with Crippen LogP contribution in [0.5, 0.6) is 0 Å². The van der Waals surface area contributed by atoms with Crippen molar-refractivity contribution in [1.29, 1.82) is 5.26 Å². The van der Waals surface area contributed by atoms with E-state index in [1.807, 2.05) is 0 Å². The number of nitrogens with one attached hydrogen (secondary N) is 1. The first-order valence-corrected chi connectivity index (χ1v) is 8.67. The zero-order chi connectivity index (χ0) is 14.9. The molecular weight excluding hydrogens is 260 g/mol. The van der Waals surface area contributed by atoms with Gasteiger partial charge in [-0.25, -0.2) is 0 Å². The summed E-state index contributed by atoms with van der Waals surface area (Å²) in [7, 11) is 4.33. The van der Waals surface area contributed by atoms with Gasteiger partial charge in [-0.3, -0.25) is 5.32 Å². The average molecular weight is 290 g/mol. The van der Waals surface area contributed by atoms with E-state index in [1.165, 1.54) is 58.2 Å². The monoisotopic (exact) mass is 290 g/mol. The van der Waals surface area contributed by atoms with Crippen LogP contribution in [0.3, 0.4) is 0 Å². The normalized spacial score (nSPS) is 27.5. The molecule has 0 spiro atoms. The highest BCUT2D eigenvalue weighted by atomic mass is 15.2. The molecular formula is C17H30N4.